The first-order valence-corrected chi connectivity index (χ1v) is 7.37. The highest BCUT2D eigenvalue weighted by molar-refractivity contribution is 6.31. The van der Waals surface area contributed by atoms with Crippen molar-refractivity contribution >= 4 is 11.6 Å². The van der Waals surface area contributed by atoms with Crippen molar-refractivity contribution in [1.29, 1.82) is 0 Å². The van der Waals surface area contributed by atoms with Crippen LogP contribution in [0.25, 0.3) is 0 Å². The van der Waals surface area contributed by atoms with E-state index in [1.54, 1.807) is 12.1 Å². The van der Waals surface area contributed by atoms with Crippen molar-refractivity contribution in [1.82, 2.24) is 10.2 Å². The Kier molecular flexibility index (Phi) is 5.08. The summed E-state index contributed by atoms with van der Waals surface area (Å²) in [5.41, 5.74) is 0.794. The van der Waals surface area contributed by atoms with Gasteiger partial charge < -0.3 is 15.3 Å². The summed E-state index contributed by atoms with van der Waals surface area (Å²) >= 11 is 6.08. The second-order valence-electron chi connectivity index (χ2n) is 5.61. The van der Waals surface area contributed by atoms with Crippen LogP contribution >= 0.6 is 11.6 Å². The van der Waals surface area contributed by atoms with Crippen LogP contribution < -0.4 is 5.32 Å². The van der Waals surface area contributed by atoms with Gasteiger partial charge in [-0.3, -0.25) is 0 Å². The lowest BCUT2D eigenvalue weighted by atomic mass is 10.1. The summed E-state index contributed by atoms with van der Waals surface area (Å²) in [6.07, 6.45) is 1.25. The van der Waals surface area contributed by atoms with Crippen molar-refractivity contribution in [2.24, 2.45) is 5.92 Å². The number of aromatic hydroxyl groups is 1. The maximum absolute atomic E-state index is 9.77. The largest absolute Gasteiger partial charge is 0.508 e. The molecule has 0 saturated carbocycles. The summed E-state index contributed by atoms with van der Waals surface area (Å²) < 4.78 is 0. The molecule has 0 aromatic heterocycles. The molecule has 106 valence electrons. The average molecular weight is 283 g/mol. The molecule has 1 aliphatic rings. The molecule has 1 saturated heterocycles. The average Bonchev–Trinajstić information content (AvgIpc) is 2.82. The molecular weight excluding hydrogens is 260 g/mol. The number of hydrogen-bond donors (Lipinski definition) is 2. The van der Waals surface area contributed by atoms with Crippen molar-refractivity contribution < 1.29 is 5.11 Å². The van der Waals surface area contributed by atoms with Gasteiger partial charge in [-0.05, 0) is 51.4 Å². The van der Waals surface area contributed by atoms with Crippen molar-refractivity contribution in [3.8, 4) is 5.75 Å². The van der Waals surface area contributed by atoms with Gasteiger partial charge in [-0.2, -0.15) is 0 Å². The molecule has 1 unspecified atom stereocenters. The SMILES string of the molecule is CC(C)N1CCC(CNCc2c(O)cccc2Cl)C1. The number of hydrogen-bond acceptors (Lipinski definition) is 3. The zero-order valence-corrected chi connectivity index (χ0v) is 12.5. The molecule has 1 aromatic rings. The molecule has 1 fully saturated rings. The topological polar surface area (TPSA) is 35.5 Å². The fourth-order valence-corrected chi connectivity index (χ4v) is 2.86. The minimum atomic E-state index is 0.273. The maximum atomic E-state index is 9.77. The molecule has 1 atom stereocenters. The van der Waals surface area contributed by atoms with Crippen LogP contribution in [0.3, 0.4) is 0 Å². The van der Waals surface area contributed by atoms with E-state index in [4.69, 9.17) is 11.6 Å². The Morgan fingerprint density at radius 1 is 1.47 bits per heavy atom. The second-order valence-corrected chi connectivity index (χ2v) is 6.02. The van der Waals surface area contributed by atoms with Crippen LogP contribution in [0, 0.1) is 5.92 Å². The third-order valence-corrected chi connectivity index (χ3v) is 4.23. The predicted molar refractivity (Wildman–Crippen MR) is 79.6 cm³/mol. The highest BCUT2D eigenvalue weighted by Gasteiger charge is 2.23. The maximum Gasteiger partial charge on any atom is 0.121 e. The molecule has 2 N–H and O–H groups in total. The van der Waals surface area contributed by atoms with Gasteiger partial charge in [0.2, 0.25) is 0 Å². The molecule has 1 aromatic carbocycles. The van der Waals surface area contributed by atoms with E-state index in [-0.39, 0.29) is 5.75 Å². The highest BCUT2D eigenvalue weighted by Crippen LogP contribution is 2.25. The summed E-state index contributed by atoms with van der Waals surface area (Å²) in [7, 11) is 0. The van der Waals surface area contributed by atoms with E-state index in [2.05, 4.69) is 24.1 Å². The number of phenolic OH excluding ortho intramolecular Hbond substituents is 1. The number of likely N-dealkylation sites (tertiary alicyclic amines) is 1. The highest BCUT2D eigenvalue weighted by atomic mass is 35.5. The fourth-order valence-electron chi connectivity index (χ4n) is 2.62. The van der Waals surface area contributed by atoms with E-state index < -0.39 is 0 Å². The van der Waals surface area contributed by atoms with Crippen LogP contribution in [0.5, 0.6) is 5.75 Å². The number of rotatable bonds is 5. The van der Waals surface area contributed by atoms with E-state index in [9.17, 15) is 5.11 Å². The number of benzene rings is 1. The van der Waals surface area contributed by atoms with E-state index in [0.29, 0.717) is 23.5 Å². The Labute approximate surface area is 120 Å². The van der Waals surface area contributed by atoms with Gasteiger partial charge in [0, 0.05) is 29.7 Å². The zero-order valence-electron chi connectivity index (χ0n) is 11.7. The predicted octanol–water partition coefficient (Wildman–Crippen LogP) is 2.87. The molecule has 0 spiro atoms. The summed E-state index contributed by atoms with van der Waals surface area (Å²) in [6.45, 7) is 8.47. The van der Waals surface area contributed by atoms with Crippen molar-refractivity contribution in [2.75, 3.05) is 19.6 Å². The van der Waals surface area contributed by atoms with E-state index >= 15 is 0 Å². The van der Waals surface area contributed by atoms with E-state index in [0.717, 1.165) is 12.1 Å². The number of nitrogens with one attached hydrogen (secondary N) is 1. The minimum Gasteiger partial charge on any atom is -0.508 e. The van der Waals surface area contributed by atoms with Crippen LogP contribution in [0.1, 0.15) is 25.8 Å². The molecule has 0 aliphatic carbocycles. The van der Waals surface area contributed by atoms with Crippen molar-refractivity contribution in [3.63, 3.8) is 0 Å². The Bertz CT molecular complexity index is 402. The van der Waals surface area contributed by atoms with Crippen LogP contribution in [-0.2, 0) is 6.54 Å². The zero-order chi connectivity index (χ0) is 13.8. The molecular formula is C15H23ClN2O. The third kappa shape index (κ3) is 3.85. The summed E-state index contributed by atoms with van der Waals surface area (Å²) in [6, 6.07) is 5.89. The van der Waals surface area contributed by atoms with Crippen LogP contribution in [0.4, 0.5) is 0 Å². The van der Waals surface area contributed by atoms with Gasteiger partial charge in [-0.25, -0.2) is 0 Å². The molecule has 19 heavy (non-hydrogen) atoms. The number of phenols is 1. The Morgan fingerprint density at radius 3 is 2.89 bits per heavy atom. The summed E-state index contributed by atoms with van der Waals surface area (Å²) in [4.78, 5) is 2.51. The lowest BCUT2D eigenvalue weighted by molar-refractivity contribution is 0.264. The van der Waals surface area contributed by atoms with Crippen molar-refractivity contribution in [2.45, 2.75) is 32.9 Å². The van der Waals surface area contributed by atoms with Crippen LogP contribution in [0.2, 0.25) is 5.02 Å². The standard InChI is InChI=1S/C15H23ClN2O/c1-11(2)18-7-6-12(10-18)8-17-9-13-14(16)4-3-5-15(13)19/h3-5,11-12,17,19H,6-10H2,1-2H3. The van der Waals surface area contributed by atoms with Gasteiger partial charge in [0.1, 0.15) is 5.75 Å². The smallest absolute Gasteiger partial charge is 0.121 e. The quantitative estimate of drug-likeness (QED) is 0.872. The summed E-state index contributed by atoms with van der Waals surface area (Å²) in [5, 5.41) is 13.8. The molecule has 4 heteroatoms. The molecule has 3 nitrogen and oxygen atoms in total. The monoisotopic (exact) mass is 282 g/mol. The molecule has 2 rings (SSSR count). The fraction of sp³-hybridized carbons (Fsp3) is 0.600. The Morgan fingerprint density at radius 2 is 2.26 bits per heavy atom. The molecule has 1 aliphatic heterocycles. The lowest BCUT2D eigenvalue weighted by Crippen LogP contribution is -2.30. The van der Waals surface area contributed by atoms with Gasteiger partial charge in [0.25, 0.3) is 0 Å². The Balaban J connectivity index is 1.78. The summed E-state index contributed by atoms with van der Waals surface area (Å²) in [5.74, 6) is 0.974. The van der Waals surface area contributed by atoms with Crippen molar-refractivity contribution in [3.05, 3.63) is 28.8 Å². The first kappa shape index (κ1) is 14.6. The molecule has 1 heterocycles. The van der Waals surface area contributed by atoms with Gasteiger partial charge in [-0.1, -0.05) is 17.7 Å². The van der Waals surface area contributed by atoms with Crippen LogP contribution in [-0.4, -0.2) is 35.7 Å². The second kappa shape index (κ2) is 6.60. The first-order chi connectivity index (χ1) is 9.08. The van der Waals surface area contributed by atoms with E-state index in [1.165, 1.54) is 19.5 Å². The van der Waals surface area contributed by atoms with Gasteiger partial charge in [0.15, 0.2) is 0 Å². The number of halogens is 1. The normalized spacial score (nSPS) is 20.3. The molecule has 0 amide bonds. The van der Waals surface area contributed by atoms with Gasteiger partial charge in [-0.15, -0.1) is 0 Å². The first-order valence-electron chi connectivity index (χ1n) is 6.99. The van der Waals surface area contributed by atoms with Gasteiger partial charge in [0.05, 0.1) is 0 Å². The molecule has 0 bridgehead atoms. The van der Waals surface area contributed by atoms with E-state index in [1.807, 2.05) is 6.07 Å². The lowest BCUT2D eigenvalue weighted by Gasteiger charge is -2.20. The van der Waals surface area contributed by atoms with Crippen LogP contribution in [0.15, 0.2) is 18.2 Å². The third-order valence-electron chi connectivity index (χ3n) is 3.88. The minimum absolute atomic E-state index is 0.273. The molecule has 0 radical (unpaired) electrons. The number of nitrogens with zero attached hydrogens (tertiary/aromatic N) is 1. The van der Waals surface area contributed by atoms with Gasteiger partial charge >= 0.3 is 0 Å². The Hall–Kier alpha value is -0.770.